The summed E-state index contributed by atoms with van der Waals surface area (Å²) in [6.45, 7) is 6.55. The van der Waals surface area contributed by atoms with E-state index in [0.29, 0.717) is 6.04 Å². The second-order valence-corrected chi connectivity index (χ2v) is 4.00. The molecule has 1 rings (SSSR count). The van der Waals surface area contributed by atoms with E-state index in [2.05, 4.69) is 58.0 Å². The van der Waals surface area contributed by atoms with Crippen molar-refractivity contribution in [1.82, 2.24) is 4.90 Å². The molecule has 1 nitrogen and oxygen atoms in total. The molecule has 0 aliphatic rings. The van der Waals surface area contributed by atoms with E-state index in [1.807, 2.05) is 0 Å². The molecule has 0 saturated carbocycles. The fourth-order valence-corrected chi connectivity index (χ4v) is 1.57. The van der Waals surface area contributed by atoms with E-state index < -0.39 is 0 Å². The highest BCUT2D eigenvalue weighted by Gasteiger charge is 2.09. The predicted molar refractivity (Wildman–Crippen MR) is 58.0 cm³/mol. The van der Waals surface area contributed by atoms with Gasteiger partial charge in [0.05, 0.1) is 0 Å². The number of rotatable bonds is 2. The first-order chi connectivity index (χ1) is 6.02. The summed E-state index contributed by atoms with van der Waals surface area (Å²) < 4.78 is 0. The monoisotopic (exact) mass is 177 g/mol. The van der Waals surface area contributed by atoms with Crippen LogP contribution in [0, 0.1) is 13.8 Å². The fraction of sp³-hybridized carbons (Fsp3) is 0.500. The molecule has 0 heterocycles. The molecule has 0 saturated heterocycles. The van der Waals surface area contributed by atoms with Crippen molar-refractivity contribution in [2.24, 2.45) is 0 Å². The number of hydrogen-bond acceptors (Lipinski definition) is 1. The first-order valence-electron chi connectivity index (χ1n) is 4.76. The van der Waals surface area contributed by atoms with Crippen LogP contribution in [0.15, 0.2) is 18.2 Å². The van der Waals surface area contributed by atoms with Gasteiger partial charge in [0.25, 0.3) is 0 Å². The van der Waals surface area contributed by atoms with Crippen molar-refractivity contribution in [2.45, 2.75) is 26.8 Å². The first kappa shape index (κ1) is 10.3. The Morgan fingerprint density at radius 2 is 1.77 bits per heavy atom. The van der Waals surface area contributed by atoms with Gasteiger partial charge >= 0.3 is 0 Å². The predicted octanol–water partition coefficient (Wildman–Crippen LogP) is 2.93. The SMILES string of the molecule is Cc1ccc(C(C)N(C)C)c(C)c1. The van der Waals surface area contributed by atoms with E-state index in [1.165, 1.54) is 16.7 Å². The van der Waals surface area contributed by atoms with Crippen molar-refractivity contribution in [3.05, 3.63) is 34.9 Å². The Morgan fingerprint density at radius 3 is 2.23 bits per heavy atom. The molecule has 0 aliphatic heterocycles. The molecule has 0 aromatic heterocycles. The topological polar surface area (TPSA) is 3.24 Å². The normalized spacial score (nSPS) is 13.4. The largest absolute Gasteiger partial charge is 0.303 e. The van der Waals surface area contributed by atoms with Gasteiger partial charge in [-0.05, 0) is 46.0 Å². The van der Waals surface area contributed by atoms with Crippen molar-refractivity contribution >= 4 is 0 Å². The minimum absolute atomic E-state index is 0.501. The number of nitrogens with zero attached hydrogens (tertiary/aromatic N) is 1. The van der Waals surface area contributed by atoms with E-state index in [1.54, 1.807) is 0 Å². The first-order valence-corrected chi connectivity index (χ1v) is 4.76. The van der Waals surface area contributed by atoms with Gasteiger partial charge in [-0.25, -0.2) is 0 Å². The summed E-state index contributed by atoms with van der Waals surface area (Å²) >= 11 is 0. The molecular weight excluding hydrogens is 158 g/mol. The second kappa shape index (κ2) is 3.93. The van der Waals surface area contributed by atoms with Crippen molar-refractivity contribution in [3.8, 4) is 0 Å². The van der Waals surface area contributed by atoms with Gasteiger partial charge in [-0.15, -0.1) is 0 Å². The summed E-state index contributed by atoms with van der Waals surface area (Å²) in [5, 5.41) is 0. The highest BCUT2D eigenvalue weighted by molar-refractivity contribution is 5.32. The van der Waals surface area contributed by atoms with Gasteiger partial charge in [0, 0.05) is 6.04 Å². The summed E-state index contributed by atoms with van der Waals surface area (Å²) in [6.07, 6.45) is 0. The van der Waals surface area contributed by atoms with Gasteiger partial charge < -0.3 is 4.90 Å². The minimum Gasteiger partial charge on any atom is -0.303 e. The van der Waals surface area contributed by atoms with Crippen LogP contribution in [0.3, 0.4) is 0 Å². The van der Waals surface area contributed by atoms with Crippen molar-refractivity contribution in [3.63, 3.8) is 0 Å². The van der Waals surface area contributed by atoms with Gasteiger partial charge in [-0.1, -0.05) is 23.8 Å². The van der Waals surface area contributed by atoms with Crippen LogP contribution in [-0.4, -0.2) is 19.0 Å². The third-order valence-corrected chi connectivity index (χ3v) is 2.65. The summed E-state index contributed by atoms with van der Waals surface area (Å²) in [6, 6.07) is 7.16. The van der Waals surface area contributed by atoms with E-state index in [9.17, 15) is 0 Å². The van der Waals surface area contributed by atoms with E-state index >= 15 is 0 Å². The molecule has 1 aromatic carbocycles. The van der Waals surface area contributed by atoms with Gasteiger partial charge in [0.15, 0.2) is 0 Å². The zero-order valence-corrected chi connectivity index (χ0v) is 9.26. The zero-order valence-electron chi connectivity index (χ0n) is 9.26. The van der Waals surface area contributed by atoms with E-state index in [4.69, 9.17) is 0 Å². The standard InChI is InChI=1S/C12H19N/c1-9-6-7-12(10(2)8-9)11(3)13(4)5/h6-8,11H,1-5H3. The van der Waals surface area contributed by atoms with Crippen LogP contribution < -0.4 is 0 Å². The Bertz CT molecular complexity index is 289. The maximum absolute atomic E-state index is 2.25. The number of benzene rings is 1. The molecule has 0 fully saturated rings. The Morgan fingerprint density at radius 1 is 1.15 bits per heavy atom. The van der Waals surface area contributed by atoms with Gasteiger partial charge in [0.1, 0.15) is 0 Å². The Labute approximate surface area is 81.4 Å². The van der Waals surface area contributed by atoms with E-state index in [-0.39, 0.29) is 0 Å². The lowest BCUT2D eigenvalue weighted by Crippen LogP contribution is -2.17. The average Bonchev–Trinajstić information content (AvgIpc) is 2.03. The molecule has 0 bridgehead atoms. The van der Waals surface area contributed by atoms with Crippen LogP contribution in [0.25, 0.3) is 0 Å². The summed E-state index contributed by atoms with van der Waals surface area (Å²) in [7, 11) is 4.23. The molecule has 0 radical (unpaired) electrons. The Balaban J connectivity index is 3.01. The quantitative estimate of drug-likeness (QED) is 0.671. The van der Waals surface area contributed by atoms with Crippen LogP contribution >= 0.6 is 0 Å². The summed E-state index contributed by atoms with van der Waals surface area (Å²) in [5.41, 5.74) is 4.16. The Hall–Kier alpha value is -0.820. The lowest BCUT2D eigenvalue weighted by atomic mass is 10.00. The van der Waals surface area contributed by atoms with Gasteiger partial charge in [-0.2, -0.15) is 0 Å². The van der Waals surface area contributed by atoms with Crippen molar-refractivity contribution in [2.75, 3.05) is 14.1 Å². The van der Waals surface area contributed by atoms with Gasteiger partial charge in [0.2, 0.25) is 0 Å². The lowest BCUT2D eigenvalue weighted by molar-refractivity contribution is 0.320. The lowest BCUT2D eigenvalue weighted by Gasteiger charge is -2.22. The highest BCUT2D eigenvalue weighted by atomic mass is 15.1. The zero-order chi connectivity index (χ0) is 10.0. The van der Waals surface area contributed by atoms with Crippen LogP contribution in [0.4, 0.5) is 0 Å². The van der Waals surface area contributed by atoms with Crippen LogP contribution in [0.2, 0.25) is 0 Å². The smallest absolute Gasteiger partial charge is 0.0316 e. The molecule has 0 spiro atoms. The maximum Gasteiger partial charge on any atom is 0.0316 e. The number of hydrogen-bond donors (Lipinski definition) is 0. The third-order valence-electron chi connectivity index (χ3n) is 2.65. The molecule has 0 aliphatic carbocycles. The molecule has 0 N–H and O–H groups in total. The van der Waals surface area contributed by atoms with Crippen LogP contribution in [0.5, 0.6) is 0 Å². The average molecular weight is 177 g/mol. The molecule has 0 amide bonds. The number of aryl methyl sites for hydroxylation is 2. The molecule has 72 valence electrons. The highest BCUT2D eigenvalue weighted by Crippen LogP contribution is 2.21. The second-order valence-electron chi connectivity index (χ2n) is 4.00. The fourth-order valence-electron chi connectivity index (χ4n) is 1.57. The molecule has 1 aromatic rings. The molecule has 1 atom stereocenters. The summed E-state index contributed by atoms with van der Waals surface area (Å²) in [4.78, 5) is 2.23. The summed E-state index contributed by atoms with van der Waals surface area (Å²) in [5.74, 6) is 0. The van der Waals surface area contributed by atoms with Crippen LogP contribution in [-0.2, 0) is 0 Å². The minimum atomic E-state index is 0.501. The van der Waals surface area contributed by atoms with Crippen LogP contribution in [0.1, 0.15) is 29.7 Å². The molecule has 1 unspecified atom stereocenters. The molecule has 13 heavy (non-hydrogen) atoms. The Kier molecular flexibility index (Phi) is 3.10. The molecule has 1 heteroatoms. The molecular formula is C12H19N. The van der Waals surface area contributed by atoms with E-state index in [0.717, 1.165) is 0 Å². The van der Waals surface area contributed by atoms with Crippen molar-refractivity contribution in [1.29, 1.82) is 0 Å². The maximum atomic E-state index is 2.25. The van der Waals surface area contributed by atoms with Crippen molar-refractivity contribution < 1.29 is 0 Å². The third kappa shape index (κ3) is 2.31. The van der Waals surface area contributed by atoms with Gasteiger partial charge in [-0.3, -0.25) is 0 Å².